The molecule has 0 heterocycles. The fourth-order valence-corrected chi connectivity index (χ4v) is 4.32. The molecule has 0 radical (unpaired) electrons. The molecule has 0 aromatic heterocycles. The van der Waals surface area contributed by atoms with E-state index in [4.69, 9.17) is 4.74 Å². The third kappa shape index (κ3) is 27.6. The first kappa shape index (κ1) is 34.6. The molecule has 33 heavy (non-hydrogen) atoms. The maximum Gasteiger partial charge on any atom is 0.0528 e. The first-order valence-electron chi connectivity index (χ1n) is 14.9. The summed E-state index contributed by atoms with van der Waals surface area (Å²) < 4.78 is 5.71. The topological polar surface area (TPSA) is 9.23 Å². The molecule has 1 nitrogen and oxygen atoms in total. The summed E-state index contributed by atoms with van der Waals surface area (Å²) in [4.78, 5) is 0. The summed E-state index contributed by atoms with van der Waals surface area (Å²) in [6, 6.07) is 0. The normalized spacial score (nSPS) is 11.8. The Labute approximate surface area is 211 Å². The first-order chi connectivity index (χ1) is 16.1. The molecule has 0 saturated heterocycles. The van der Waals surface area contributed by atoms with Gasteiger partial charge in [-0.1, -0.05) is 142 Å². The Balaban J connectivity index is 0. The highest BCUT2D eigenvalue weighted by Gasteiger charge is 2.05. The Morgan fingerprint density at radius 2 is 1.09 bits per heavy atom. The van der Waals surface area contributed by atoms with Crippen molar-refractivity contribution >= 4 is 0 Å². The zero-order chi connectivity index (χ0) is 25.0. The van der Waals surface area contributed by atoms with Gasteiger partial charge in [0.1, 0.15) is 0 Å². The molecule has 0 amide bonds. The summed E-state index contributed by atoms with van der Waals surface area (Å²) in [6.45, 7) is 20.7. The predicted molar refractivity (Wildman–Crippen MR) is 153 cm³/mol. The van der Waals surface area contributed by atoms with Gasteiger partial charge in [-0.25, -0.2) is 0 Å². The lowest BCUT2D eigenvalue weighted by molar-refractivity contribution is 0.108. The van der Waals surface area contributed by atoms with Crippen LogP contribution in [0.3, 0.4) is 0 Å². The van der Waals surface area contributed by atoms with E-state index in [9.17, 15) is 0 Å². The van der Waals surface area contributed by atoms with Crippen molar-refractivity contribution in [3.8, 4) is 0 Å². The molecule has 0 N–H and O–H groups in total. The van der Waals surface area contributed by atoms with Crippen molar-refractivity contribution in [2.75, 3.05) is 13.2 Å². The van der Waals surface area contributed by atoms with E-state index >= 15 is 0 Å². The molecule has 1 atom stereocenters. The molecule has 1 unspecified atom stereocenters. The van der Waals surface area contributed by atoms with Gasteiger partial charge in [0.25, 0.3) is 0 Å². The highest BCUT2D eigenvalue weighted by atomic mass is 16.5. The second kappa shape index (κ2) is 29.5. The van der Waals surface area contributed by atoms with Gasteiger partial charge >= 0.3 is 0 Å². The fraction of sp³-hybridized carbons (Fsp3) is 0.875. The summed E-state index contributed by atoms with van der Waals surface area (Å²) in [5.41, 5.74) is 1.36. The van der Waals surface area contributed by atoms with E-state index < -0.39 is 0 Å². The molecule has 0 aromatic rings. The molecule has 0 fully saturated rings. The van der Waals surface area contributed by atoms with Gasteiger partial charge in [-0.2, -0.15) is 0 Å². The second-order valence-corrected chi connectivity index (χ2v) is 10.2. The van der Waals surface area contributed by atoms with Crippen LogP contribution in [0.25, 0.3) is 0 Å². The number of rotatable bonds is 24. The van der Waals surface area contributed by atoms with Crippen LogP contribution < -0.4 is 0 Å². The minimum absolute atomic E-state index is 0.543. The number of hydrogen-bond acceptors (Lipinski definition) is 1. The molecule has 0 saturated carbocycles. The van der Waals surface area contributed by atoms with Gasteiger partial charge in [0.05, 0.1) is 6.61 Å². The highest BCUT2D eigenvalue weighted by molar-refractivity contribution is 4.95. The van der Waals surface area contributed by atoms with Crippen molar-refractivity contribution in [2.24, 2.45) is 11.8 Å². The third-order valence-electron chi connectivity index (χ3n) is 6.80. The molecule has 198 valence electrons. The van der Waals surface area contributed by atoms with Crippen LogP contribution in [0, 0.1) is 11.8 Å². The molecule has 0 spiro atoms. The van der Waals surface area contributed by atoms with Gasteiger partial charge < -0.3 is 4.74 Å². The van der Waals surface area contributed by atoms with Crippen molar-refractivity contribution in [3.63, 3.8) is 0 Å². The van der Waals surface area contributed by atoms with Gasteiger partial charge in [0.2, 0.25) is 0 Å². The molecule has 1 heteroatoms. The van der Waals surface area contributed by atoms with Gasteiger partial charge in [0, 0.05) is 6.61 Å². The molecule has 0 aromatic carbocycles. The second-order valence-electron chi connectivity index (χ2n) is 10.2. The smallest absolute Gasteiger partial charge is 0.0528 e. The maximum absolute atomic E-state index is 5.71. The fourth-order valence-electron chi connectivity index (χ4n) is 4.32. The molecular weight excluding hydrogens is 400 g/mol. The van der Waals surface area contributed by atoms with E-state index in [1.807, 2.05) is 6.08 Å². The monoisotopic (exact) mass is 464 g/mol. The van der Waals surface area contributed by atoms with Crippen molar-refractivity contribution < 1.29 is 4.74 Å². The number of unbranched alkanes of at least 4 members (excludes halogenated alkanes) is 13. The van der Waals surface area contributed by atoms with E-state index in [0.717, 1.165) is 25.6 Å². The Hall–Kier alpha value is -0.560. The van der Waals surface area contributed by atoms with Crippen LogP contribution in [0.4, 0.5) is 0 Å². The molecule has 0 aliphatic carbocycles. The minimum atomic E-state index is 0.543. The summed E-state index contributed by atoms with van der Waals surface area (Å²) in [6.07, 6.45) is 28.2. The highest BCUT2D eigenvalue weighted by Crippen LogP contribution is 2.20. The minimum Gasteiger partial charge on any atom is -0.381 e. The summed E-state index contributed by atoms with van der Waals surface area (Å²) in [5, 5.41) is 0. The lowest BCUT2D eigenvalue weighted by Crippen LogP contribution is -2.06. The Morgan fingerprint density at radius 3 is 1.42 bits per heavy atom. The molecule has 0 rings (SSSR count). The first-order valence-corrected chi connectivity index (χ1v) is 14.9. The average Bonchev–Trinajstić information content (AvgIpc) is 2.81. The van der Waals surface area contributed by atoms with E-state index in [2.05, 4.69) is 47.8 Å². The van der Waals surface area contributed by atoms with Gasteiger partial charge in [0.15, 0.2) is 0 Å². The molecular formula is C32H64O. The predicted octanol–water partition coefficient (Wildman–Crippen LogP) is 11.5. The quantitative estimate of drug-likeness (QED) is 0.102. The van der Waals surface area contributed by atoms with Crippen LogP contribution in [0.5, 0.6) is 0 Å². The Morgan fingerprint density at radius 1 is 0.667 bits per heavy atom. The zero-order valence-corrected chi connectivity index (χ0v) is 23.9. The summed E-state index contributed by atoms with van der Waals surface area (Å²) in [5.74, 6) is 1.33. The van der Waals surface area contributed by atoms with E-state index in [1.165, 1.54) is 121 Å². The molecule has 0 aliphatic rings. The Kier molecular flexibility index (Phi) is 30.9. The van der Waals surface area contributed by atoms with Crippen molar-refractivity contribution in [2.45, 2.75) is 157 Å². The van der Waals surface area contributed by atoms with Crippen molar-refractivity contribution in [1.29, 1.82) is 0 Å². The number of hydrogen-bond donors (Lipinski definition) is 0. The van der Waals surface area contributed by atoms with Gasteiger partial charge in [-0.05, 0) is 44.4 Å². The lowest BCUT2D eigenvalue weighted by Gasteiger charge is -2.14. The Bertz CT molecular complexity index is 380. The third-order valence-corrected chi connectivity index (χ3v) is 6.80. The van der Waals surface area contributed by atoms with Crippen LogP contribution in [-0.4, -0.2) is 13.2 Å². The molecule has 0 bridgehead atoms. The van der Waals surface area contributed by atoms with Crippen LogP contribution in [0.2, 0.25) is 0 Å². The lowest BCUT2D eigenvalue weighted by atomic mass is 9.92. The maximum atomic E-state index is 5.71. The average molecular weight is 465 g/mol. The van der Waals surface area contributed by atoms with Crippen LogP contribution in [0.1, 0.15) is 157 Å². The number of allylic oxidation sites excluding steroid dienone is 1. The SMILES string of the molecule is C=C(C)C(CCC)CCC.C=CC(CC)COCCCCCCCCCCCCCCCC. The summed E-state index contributed by atoms with van der Waals surface area (Å²) >= 11 is 0. The largest absolute Gasteiger partial charge is 0.381 e. The van der Waals surface area contributed by atoms with Gasteiger partial charge in [-0.3, -0.25) is 0 Å². The van der Waals surface area contributed by atoms with E-state index in [1.54, 1.807) is 0 Å². The van der Waals surface area contributed by atoms with Crippen molar-refractivity contribution in [1.82, 2.24) is 0 Å². The number of ether oxygens (including phenoxy) is 1. The van der Waals surface area contributed by atoms with E-state index in [0.29, 0.717) is 5.92 Å². The van der Waals surface area contributed by atoms with Crippen LogP contribution >= 0.6 is 0 Å². The van der Waals surface area contributed by atoms with Gasteiger partial charge in [-0.15, -0.1) is 6.58 Å². The molecule has 0 aliphatic heterocycles. The standard InChI is InChI=1S/C22H44O.C10H20/c1-4-7-8-9-10-11-12-13-14-15-16-17-18-19-20-23-21-22(5-2)6-3;1-5-7-10(8-6-2)9(3)4/h5,22H,2,4,6-21H2,1,3H3;10H,3,5-8H2,1-2,4H3. The van der Waals surface area contributed by atoms with Crippen molar-refractivity contribution in [3.05, 3.63) is 24.8 Å². The van der Waals surface area contributed by atoms with Crippen LogP contribution in [-0.2, 0) is 4.74 Å². The zero-order valence-electron chi connectivity index (χ0n) is 23.9. The van der Waals surface area contributed by atoms with Crippen LogP contribution in [0.15, 0.2) is 24.8 Å². The van der Waals surface area contributed by atoms with E-state index in [-0.39, 0.29) is 0 Å². The summed E-state index contributed by atoms with van der Waals surface area (Å²) in [7, 11) is 0.